The molecule has 2 heteroatoms. The van der Waals surface area contributed by atoms with Gasteiger partial charge in [-0.05, 0) is 24.9 Å². The molecule has 2 bridgehead atoms. The van der Waals surface area contributed by atoms with Gasteiger partial charge in [-0.25, -0.2) is 0 Å². The van der Waals surface area contributed by atoms with E-state index in [1.807, 2.05) is 0 Å². The summed E-state index contributed by atoms with van der Waals surface area (Å²) in [6, 6.07) is 11.7. The number of likely N-dealkylation sites (tertiary alicyclic amines) is 2. The van der Waals surface area contributed by atoms with Gasteiger partial charge in [0.2, 0.25) is 0 Å². The Bertz CT molecular complexity index is 349. The molecule has 2 fully saturated rings. The lowest BCUT2D eigenvalue weighted by molar-refractivity contribution is 0.184. The summed E-state index contributed by atoms with van der Waals surface area (Å²) >= 11 is 0. The molecule has 86 valence electrons. The maximum atomic E-state index is 2.67. The van der Waals surface area contributed by atoms with Gasteiger partial charge in [0.05, 0.1) is 0 Å². The van der Waals surface area contributed by atoms with Crippen LogP contribution in [0.15, 0.2) is 30.3 Å². The van der Waals surface area contributed by atoms with Crippen LogP contribution in [0.1, 0.15) is 12.0 Å². The summed E-state index contributed by atoms with van der Waals surface area (Å²) in [6.07, 6.45) is 1.41. The van der Waals surface area contributed by atoms with Crippen LogP contribution in [0.4, 0.5) is 0 Å². The Morgan fingerprint density at radius 3 is 2.75 bits per heavy atom. The zero-order chi connectivity index (χ0) is 11.0. The van der Waals surface area contributed by atoms with Crippen molar-refractivity contribution in [3.8, 4) is 0 Å². The summed E-state index contributed by atoms with van der Waals surface area (Å²) < 4.78 is 0. The van der Waals surface area contributed by atoms with E-state index in [1.165, 1.54) is 31.6 Å². The average molecular weight is 216 g/mol. The molecule has 16 heavy (non-hydrogen) atoms. The molecule has 0 spiro atoms. The van der Waals surface area contributed by atoms with Gasteiger partial charge < -0.3 is 4.90 Å². The summed E-state index contributed by atoms with van der Waals surface area (Å²) in [4.78, 5) is 5.16. The van der Waals surface area contributed by atoms with Crippen molar-refractivity contribution < 1.29 is 0 Å². The lowest BCUT2D eigenvalue weighted by atomic mass is 10.0. The zero-order valence-electron chi connectivity index (χ0n) is 9.97. The molecule has 0 aromatic heterocycles. The SMILES string of the molecule is CN1CC2CC(C1)N(Cc1ccccc1)C2. The van der Waals surface area contributed by atoms with E-state index in [4.69, 9.17) is 0 Å². The smallest absolute Gasteiger partial charge is 0.0237 e. The van der Waals surface area contributed by atoms with Crippen molar-refractivity contribution in [2.24, 2.45) is 5.92 Å². The zero-order valence-corrected chi connectivity index (χ0v) is 9.97. The van der Waals surface area contributed by atoms with Gasteiger partial charge in [0.1, 0.15) is 0 Å². The van der Waals surface area contributed by atoms with E-state index in [9.17, 15) is 0 Å². The van der Waals surface area contributed by atoms with E-state index < -0.39 is 0 Å². The Kier molecular flexibility index (Phi) is 2.70. The van der Waals surface area contributed by atoms with Crippen molar-refractivity contribution in [1.82, 2.24) is 9.80 Å². The Labute approximate surface area is 97.9 Å². The molecular weight excluding hydrogens is 196 g/mol. The van der Waals surface area contributed by atoms with Gasteiger partial charge in [-0.1, -0.05) is 30.3 Å². The predicted octanol–water partition coefficient (Wildman–Crippen LogP) is 1.82. The highest BCUT2D eigenvalue weighted by molar-refractivity contribution is 5.15. The molecule has 0 saturated carbocycles. The molecule has 2 unspecified atom stereocenters. The topological polar surface area (TPSA) is 6.48 Å². The van der Waals surface area contributed by atoms with Crippen LogP contribution in [-0.4, -0.2) is 42.5 Å². The van der Waals surface area contributed by atoms with E-state index in [0.717, 1.165) is 18.5 Å². The monoisotopic (exact) mass is 216 g/mol. The second-order valence-electron chi connectivity index (χ2n) is 5.39. The molecule has 1 aromatic carbocycles. The highest BCUT2D eigenvalue weighted by Crippen LogP contribution is 2.29. The van der Waals surface area contributed by atoms with Crippen molar-refractivity contribution in [1.29, 1.82) is 0 Å². The van der Waals surface area contributed by atoms with Gasteiger partial charge >= 0.3 is 0 Å². The standard InChI is InChI=1S/C14H20N2/c1-15-8-13-7-14(11-15)16(10-13)9-12-5-3-2-4-6-12/h2-6,13-14H,7-11H2,1H3. The molecule has 0 amide bonds. The van der Waals surface area contributed by atoms with Gasteiger partial charge in [-0.2, -0.15) is 0 Å². The number of likely N-dealkylation sites (N-methyl/N-ethyl adjacent to an activating group) is 1. The first-order valence-corrected chi connectivity index (χ1v) is 6.28. The van der Waals surface area contributed by atoms with E-state index in [1.54, 1.807) is 0 Å². The van der Waals surface area contributed by atoms with E-state index in [-0.39, 0.29) is 0 Å². The highest BCUT2D eigenvalue weighted by atomic mass is 15.3. The molecule has 2 aliphatic rings. The fourth-order valence-corrected chi connectivity index (χ4v) is 3.30. The number of piperidine rings is 1. The fourth-order valence-electron chi connectivity index (χ4n) is 3.30. The molecule has 2 atom stereocenters. The quantitative estimate of drug-likeness (QED) is 0.744. The summed E-state index contributed by atoms with van der Waals surface area (Å²) in [7, 11) is 2.26. The minimum Gasteiger partial charge on any atom is -0.304 e. The number of hydrogen-bond acceptors (Lipinski definition) is 2. The van der Waals surface area contributed by atoms with Crippen LogP contribution >= 0.6 is 0 Å². The van der Waals surface area contributed by atoms with Crippen LogP contribution in [0.25, 0.3) is 0 Å². The molecule has 1 aromatic rings. The van der Waals surface area contributed by atoms with Crippen molar-refractivity contribution in [3.63, 3.8) is 0 Å². The van der Waals surface area contributed by atoms with Crippen molar-refractivity contribution in [2.45, 2.75) is 19.0 Å². The molecule has 2 aliphatic heterocycles. The number of nitrogens with zero attached hydrogens (tertiary/aromatic N) is 2. The molecule has 0 radical (unpaired) electrons. The maximum Gasteiger partial charge on any atom is 0.0237 e. The average Bonchev–Trinajstić information content (AvgIpc) is 2.55. The minimum absolute atomic E-state index is 0.795. The van der Waals surface area contributed by atoms with Crippen LogP contribution in [0.2, 0.25) is 0 Å². The number of rotatable bonds is 2. The molecule has 2 saturated heterocycles. The van der Waals surface area contributed by atoms with E-state index in [0.29, 0.717) is 0 Å². The Hall–Kier alpha value is -0.860. The van der Waals surface area contributed by atoms with Crippen LogP contribution in [0.3, 0.4) is 0 Å². The third-order valence-corrected chi connectivity index (χ3v) is 3.94. The van der Waals surface area contributed by atoms with Crippen molar-refractivity contribution >= 4 is 0 Å². The second kappa shape index (κ2) is 4.19. The van der Waals surface area contributed by atoms with Crippen LogP contribution in [0, 0.1) is 5.92 Å². The first-order chi connectivity index (χ1) is 7.81. The Morgan fingerprint density at radius 2 is 1.94 bits per heavy atom. The van der Waals surface area contributed by atoms with Crippen LogP contribution in [0.5, 0.6) is 0 Å². The van der Waals surface area contributed by atoms with Gasteiger partial charge in [0.15, 0.2) is 0 Å². The minimum atomic E-state index is 0.795. The molecular formula is C14H20N2. The van der Waals surface area contributed by atoms with Crippen LogP contribution in [-0.2, 0) is 6.54 Å². The molecule has 2 heterocycles. The lowest BCUT2D eigenvalue weighted by Gasteiger charge is -2.30. The molecule has 3 rings (SSSR count). The Balaban J connectivity index is 1.69. The van der Waals surface area contributed by atoms with Gasteiger partial charge in [0, 0.05) is 32.2 Å². The molecule has 0 aliphatic carbocycles. The summed E-state index contributed by atoms with van der Waals surface area (Å²) in [5.41, 5.74) is 1.46. The normalized spacial score (nSPS) is 30.8. The van der Waals surface area contributed by atoms with Gasteiger partial charge in [-0.3, -0.25) is 4.90 Å². The largest absolute Gasteiger partial charge is 0.304 e. The maximum absolute atomic E-state index is 2.67. The Morgan fingerprint density at radius 1 is 1.12 bits per heavy atom. The van der Waals surface area contributed by atoms with Gasteiger partial charge in [0.25, 0.3) is 0 Å². The molecule has 2 nitrogen and oxygen atoms in total. The summed E-state index contributed by atoms with van der Waals surface area (Å²) in [5.74, 6) is 0.910. The third-order valence-electron chi connectivity index (χ3n) is 3.94. The third kappa shape index (κ3) is 2.00. The van der Waals surface area contributed by atoms with Gasteiger partial charge in [-0.15, -0.1) is 0 Å². The highest BCUT2D eigenvalue weighted by Gasteiger charge is 2.36. The number of hydrogen-bond donors (Lipinski definition) is 0. The van der Waals surface area contributed by atoms with Crippen molar-refractivity contribution in [3.05, 3.63) is 35.9 Å². The number of fused-ring (bicyclic) bond motifs is 2. The summed E-state index contributed by atoms with van der Waals surface area (Å²) in [5, 5.41) is 0. The fraction of sp³-hybridized carbons (Fsp3) is 0.571. The first kappa shape index (κ1) is 10.3. The summed E-state index contributed by atoms with van der Waals surface area (Å²) in [6.45, 7) is 4.98. The second-order valence-corrected chi connectivity index (χ2v) is 5.39. The predicted molar refractivity (Wildman–Crippen MR) is 66.2 cm³/mol. The van der Waals surface area contributed by atoms with Crippen molar-refractivity contribution in [2.75, 3.05) is 26.7 Å². The lowest BCUT2D eigenvalue weighted by Crippen LogP contribution is -2.39. The first-order valence-electron chi connectivity index (χ1n) is 6.28. The molecule has 0 N–H and O–H groups in total. The van der Waals surface area contributed by atoms with E-state index >= 15 is 0 Å². The van der Waals surface area contributed by atoms with E-state index in [2.05, 4.69) is 47.2 Å². The number of benzene rings is 1. The van der Waals surface area contributed by atoms with Crippen LogP contribution < -0.4 is 0 Å².